The molecule has 0 atom stereocenters. The van der Waals surface area contributed by atoms with Crippen LogP contribution < -0.4 is 5.48 Å². The lowest BCUT2D eigenvalue weighted by Crippen LogP contribution is -2.25. The lowest BCUT2D eigenvalue weighted by atomic mass is 9.97. The molecular weight excluding hydrogens is 202 g/mol. The Balaban J connectivity index is 2.67. The van der Waals surface area contributed by atoms with Crippen LogP contribution in [0.1, 0.15) is 25.0 Å². The maximum Gasteiger partial charge on any atom is 0.0662 e. The van der Waals surface area contributed by atoms with E-state index in [9.17, 15) is 0 Å². The van der Waals surface area contributed by atoms with Crippen LogP contribution in [-0.4, -0.2) is 19.8 Å². The number of benzene rings is 1. The van der Waals surface area contributed by atoms with Crippen molar-refractivity contribution in [2.24, 2.45) is 0 Å². The lowest BCUT2D eigenvalue weighted by molar-refractivity contribution is 0.0232. The first-order chi connectivity index (χ1) is 7.57. The normalized spacial score (nSPS) is 11.8. The Kier molecular flexibility index (Phi) is 4.93. The SMILES string of the molecule is CONCc1cccc(CC(C)(C)OC)c1. The molecule has 0 fully saturated rings. The average molecular weight is 223 g/mol. The molecule has 1 rings (SSSR count). The van der Waals surface area contributed by atoms with Crippen LogP contribution >= 0.6 is 0 Å². The Bertz CT molecular complexity index is 323. The topological polar surface area (TPSA) is 30.5 Å². The van der Waals surface area contributed by atoms with Crippen LogP contribution in [0.2, 0.25) is 0 Å². The van der Waals surface area contributed by atoms with Crippen molar-refractivity contribution < 1.29 is 9.57 Å². The van der Waals surface area contributed by atoms with Gasteiger partial charge >= 0.3 is 0 Å². The Morgan fingerprint density at radius 1 is 1.19 bits per heavy atom. The van der Waals surface area contributed by atoms with Gasteiger partial charge in [0.25, 0.3) is 0 Å². The molecule has 0 saturated carbocycles. The summed E-state index contributed by atoms with van der Waals surface area (Å²) in [7, 11) is 3.37. The molecule has 0 bridgehead atoms. The average Bonchev–Trinajstić information content (AvgIpc) is 2.26. The van der Waals surface area contributed by atoms with Crippen molar-refractivity contribution in [3.05, 3.63) is 35.4 Å². The zero-order valence-electron chi connectivity index (χ0n) is 10.5. The Morgan fingerprint density at radius 2 is 1.88 bits per heavy atom. The van der Waals surface area contributed by atoms with Gasteiger partial charge < -0.3 is 9.57 Å². The van der Waals surface area contributed by atoms with Crippen LogP contribution in [0.5, 0.6) is 0 Å². The Hall–Kier alpha value is -0.900. The highest BCUT2D eigenvalue weighted by atomic mass is 16.6. The molecule has 1 aromatic rings. The van der Waals surface area contributed by atoms with Gasteiger partial charge in [0.05, 0.1) is 12.7 Å². The number of nitrogens with one attached hydrogen (secondary N) is 1. The molecule has 0 aliphatic rings. The molecule has 0 amide bonds. The van der Waals surface area contributed by atoms with E-state index in [1.807, 2.05) is 0 Å². The fourth-order valence-corrected chi connectivity index (χ4v) is 1.57. The summed E-state index contributed by atoms with van der Waals surface area (Å²) in [6.07, 6.45) is 0.907. The number of ether oxygens (including phenoxy) is 1. The summed E-state index contributed by atoms with van der Waals surface area (Å²) in [6.45, 7) is 4.90. The largest absolute Gasteiger partial charge is 0.378 e. The van der Waals surface area contributed by atoms with Gasteiger partial charge in [-0.25, -0.2) is 0 Å². The van der Waals surface area contributed by atoms with Crippen LogP contribution in [0.3, 0.4) is 0 Å². The minimum absolute atomic E-state index is 0.118. The fraction of sp³-hybridized carbons (Fsp3) is 0.538. The summed E-state index contributed by atoms with van der Waals surface area (Å²) >= 11 is 0. The van der Waals surface area contributed by atoms with E-state index in [4.69, 9.17) is 9.57 Å². The van der Waals surface area contributed by atoms with E-state index < -0.39 is 0 Å². The minimum atomic E-state index is -0.118. The second-order valence-electron chi connectivity index (χ2n) is 4.49. The summed E-state index contributed by atoms with van der Waals surface area (Å²) in [5, 5.41) is 0. The second kappa shape index (κ2) is 5.99. The summed E-state index contributed by atoms with van der Waals surface area (Å²) in [4.78, 5) is 4.83. The molecule has 3 heteroatoms. The van der Waals surface area contributed by atoms with Gasteiger partial charge in [-0.15, -0.1) is 0 Å². The first-order valence-corrected chi connectivity index (χ1v) is 5.46. The summed E-state index contributed by atoms with van der Waals surface area (Å²) < 4.78 is 5.42. The number of hydrogen-bond donors (Lipinski definition) is 1. The van der Waals surface area contributed by atoms with Gasteiger partial charge in [0, 0.05) is 20.1 Å². The second-order valence-corrected chi connectivity index (χ2v) is 4.49. The van der Waals surface area contributed by atoms with Crippen molar-refractivity contribution in [1.82, 2.24) is 5.48 Å². The molecule has 0 radical (unpaired) electrons. The number of hydrogen-bond acceptors (Lipinski definition) is 3. The molecule has 1 aromatic carbocycles. The van der Waals surface area contributed by atoms with Crippen molar-refractivity contribution in [2.75, 3.05) is 14.2 Å². The molecule has 0 spiro atoms. The highest BCUT2D eigenvalue weighted by Crippen LogP contribution is 2.16. The predicted molar refractivity (Wildman–Crippen MR) is 65.1 cm³/mol. The van der Waals surface area contributed by atoms with E-state index in [0.717, 1.165) is 13.0 Å². The third-order valence-corrected chi connectivity index (χ3v) is 2.59. The van der Waals surface area contributed by atoms with Gasteiger partial charge in [0.15, 0.2) is 0 Å². The van der Waals surface area contributed by atoms with Gasteiger partial charge in [0.1, 0.15) is 0 Å². The first-order valence-electron chi connectivity index (χ1n) is 5.46. The summed E-state index contributed by atoms with van der Waals surface area (Å²) in [6, 6.07) is 8.44. The van der Waals surface area contributed by atoms with Crippen molar-refractivity contribution in [3.8, 4) is 0 Å². The van der Waals surface area contributed by atoms with Gasteiger partial charge in [-0.2, -0.15) is 5.48 Å². The van der Waals surface area contributed by atoms with Crippen LogP contribution in [0, 0.1) is 0 Å². The van der Waals surface area contributed by atoms with E-state index in [0.29, 0.717) is 0 Å². The van der Waals surface area contributed by atoms with Crippen molar-refractivity contribution in [3.63, 3.8) is 0 Å². The van der Waals surface area contributed by atoms with Gasteiger partial charge in [-0.3, -0.25) is 0 Å². The quantitative estimate of drug-likeness (QED) is 0.751. The van der Waals surface area contributed by atoms with Gasteiger partial charge in [-0.1, -0.05) is 24.3 Å². The predicted octanol–water partition coefficient (Wildman–Crippen LogP) is 2.31. The molecule has 1 N–H and O–H groups in total. The maximum absolute atomic E-state index is 5.42. The zero-order chi connectivity index (χ0) is 12.0. The number of methoxy groups -OCH3 is 1. The molecule has 3 nitrogen and oxygen atoms in total. The maximum atomic E-state index is 5.42. The lowest BCUT2D eigenvalue weighted by Gasteiger charge is -2.23. The molecule has 0 aliphatic carbocycles. The summed E-state index contributed by atoms with van der Waals surface area (Å²) in [5.41, 5.74) is 5.21. The molecule has 0 aromatic heterocycles. The van der Waals surface area contributed by atoms with E-state index in [1.165, 1.54) is 11.1 Å². The molecule has 16 heavy (non-hydrogen) atoms. The van der Waals surface area contributed by atoms with Crippen LogP contribution in [0.4, 0.5) is 0 Å². The third-order valence-electron chi connectivity index (χ3n) is 2.59. The Morgan fingerprint density at radius 3 is 2.50 bits per heavy atom. The molecule has 0 saturated heterocycles. The fourth-order valence-electron chi connectivity index (χ4n) is 1.57. The van der Waals surface area contributed by atoms with Gasteiger partial charge in [0.2, 0.25) is 0 Å². The third kappa shape index (κ3) is 4.31. The van der Waals surface area contributed by atoms with Crippen LogP contribution in [0.15, 0.2) is 24.3 Å². The first kappa shape index (κ1) is 13.2. The van der Waals surface area contributed by atoms with Crippen LogP contribution in [0.25, 0.3) is 0 Å². The number of rotatable bonds is 6. The molecule has 90 valence electrons. The molecule has 0 heterocycles. The standard InChI is InChI=1S/C13H21NO2/c1-13(2,15-3)9-11-6-5-7-12(8-11)10-14-16-4/h5-8,14H,9-10H2,1-4H3. The monoisotopic (exact) mass is 223 g/mol. The van der Waals surface area contributed by atoms with E-state index >= 15 is 0 Å². The highest BCUT2D eigenvalue weighted by Gasteiger charge is 2.16. The van der Waals surface area contributed by atoms with E-state index in [1.54, 1.807) is 14.2 Å². The number of hydroxylamine groups is 1. The van der Waals surface area contributed by atoms with Gasteiger partial charge in [-0.05, 0) is 25.0 Å². The summed E-state index contributed by atoms with van der Waals surface area (Å²) in [5.74, 6) is 0. The van der Waals surface area contributed by atoms with E-state index in [-0.39, 0.29) is 5.60 Å². The van der Waals surface area contributed by atoms with E-state index in [2.05, 4.69) is 43.6 Å². The molecule has 0 unspecified atom stereocenters. The minimum Gasteiger partial charge on any atom is -0.378 e. The van der Waals surface area contributed by atoms with Crippen molar-refractivity contribution in [1.29, 1.82) is 0 Å². The van der Waals surface area contributed by atoms with Crippen LogP contribution in [-0.2, 0) is 22.5 Å². The smallest absolute Gasteiger partial charge is 0.0662 e. The van der Waals surface area contributed by atoms with Crippen molar-refractivity contribution in [2.45, 2.75) is 32.4 Å². The zero-order valence-corrected chi connectivity index (χ0v) is 10.5. The van der Waals surface area contributed by atoms with Crippen molar-refractivity contribution >= 4 is 0 Å². The molecular formula is C13H21NO2. The highest BCUT2D eigenvalue weighted by molar-refractivity contribution is 5.24. The Labute approximate surface area is 97.7 Å². The molecule has 0 aliphatic heterocycles.